The van der Waals surface area contributed by atoms with Crippen LogP contribution >= 0.6 is 24.0 Å². The zero-order valence-corrected chi connectivity index (χ0v) is 18.7. The molecule has 0 amide bonds. The first-order chi connectivity index (χ1) is 12.2. The van der Waals surface area contributed by atoms with Gasteiger partial charge in [-0.3, -0.25) is 9.67 Å². The third-order valence-electron chi connectivity index (χ3n) is 5.56. The van der Waals surface area contributed by atoms with Gasteiger partial charge in [0.25, 0.3) is 0 Å². The van der Waals surface area contributed by atoms with Gasteiger partial charge in [0.2, 0.25) is 0 Å². The second kappa shape index (κ2) is 10.5. The van der Waals surface area contributed by atoms with Crippen LogP contribution in [0.25, 0.3) is 0 Å². The van der Waals surface area contributed by atoms with Crippen LogP contribution in [0, 0.1) is 11.8 Å². The van der Waals surface area contributed by atoms with Crippen LogP contribution in [0.4, 0.5) is 0 Å². The number of nitrogens with one attached hydrogen (secondary N) is 1. The second-order valence-electron chi connectivity index (χ2n) is 7.65. The van der Waals surface area contributed by atoms with Gasteiger partial charge in [-0.1, -0.05) is 26.2 Å². The summed E-state index contributed by atoms with van der Waals surface area (Å²) in [5.74, 6) is 2.78. The summed E-state index contributed by atoms with van der Waals surface area (Å²) in [4.78, 5) is 6.81. The van der Waals surface area contributed by atoms with Gasteiger partial charge in [-0.2, -0.15) is 5.10 Å². The number of aliphatic imine (C=N–C) groups is 1. The second-order valence-corrected chi connectivity index (χ2v) is 7.65. The lowest BCUT2D eigenvalue weighted by Crippen LogP contribution is -2.48. The van der Waals surface area contributed by atoms with Crippen LogP contribution < -0.4 is 5.32 Å². The Morgan fingerprint density at radius 1 is 1.42 bits per heavy atom. The molecule has 1 aromatic heterocycles. The number of hydrogen-bond donors (Lipinski definition) is 1. The first-order valence-corrected chi connectivity index (χ1v) is 9.71. The Balaban J connectivity index is 0.00000243. The van der Waals surface area contributed by atoms with Crippen LogP contribution in [-0.4, -0.2) is 53.9 Å². The van der Waals surface area contributed by atoms with Crippen LogP contribution in [0.2, 0.25) is 0 Å². The van der Waals surface area contributed by atoms with E-state index in [0.717, 1.165) is 49.6 Å². The number of aromatic nitrogens is 2. The molecule has 148 valence electrons. The van der Waals surface area contributed by atoms with Crippen LogP contribution in [0.5, 0.6) is 0 Å². The minimum atomic E-state index is 0. The number of nitrogens with zero attached hydrogens (tertiary/aromatic N) is 4. The van der Waals surface area contributed by atoms with Gasteiger partial charge in [-0.15, -0.1) is 24.0 Å². The molecule has 1 saturated carbocycles. The van der Waals surface area contributed by atoms with Gasteiger partial charge in [0, 0.05) is 38.9 Å². The maximum absolute atomic E-state index is 5.94. The summed E-state index contributed by atoms with van der Waals surface area (Å²) in [7, 11) is 3.82. The Kier molecular flexibility index (Phi) is 8.66. The summed E-state index contributed by atoms with van der Waals surface area (Å²) < 4.78 is 7.77. The number of rotatable bonds is 4. The molecule has 6 nitrogen and oxygen atoms in total. The molecule has 2 fully saturated rings. The minimum absolute atomic E-state index is 0. The van der Waals surface area contributed by atoms with Gasteiger partial charge in [0.1, 0.15) is 6.10 Å². The molecule has 1 saturated heterocycles. The summed E-state index contributed by atoms with van der Waals surface area (Å²) in [6, 6.07) is 0. The fourth-order valence-corrected chi connectivity index (χ4v) is 4.19. The monoisotopic (exact) mass is 475 g/mol. The van der Waals surface area contributed by atoms with Crippen LogP contribution in [-0.2, 0) is 11.8 Å². The van der Waals surface area contributed by atoms with E-state index in [9.17, 15) is 0 Å². The van der Waals surface area contributed by atoms with Crippen molar-refractivity contribution in [1.29, 1.82) is 0 Å². The fourth-order valence-electron chi connectivity index (χ4n) is 4.19. The van der Waals surface area contributed by atoms with Gasteiger partial charge in [-0.25, -0.2) is 0 Å². The molecule has 26 heavy (non-hydrogen) atoms. The molecule has 0 bridgehead atoms. The van der Waals surface area contributed by atoms with Crippen LogP contribution in [0.3, 0.4) is 0 Å². The Hall–Kier alpha value is -0.830. The Bertz CT molecular complexity index is 576. The highest BCUT2D eigenvalue weighted by Crippen LogP contribution is 2.30. The largest absolute Gasteiger partial charge is 0.370 e. The molecule has 1 N–H and O–H groups in total. The van der Waals surface area contributed by atoms with E-state index in [2.05, 4.69) is 27.2 Å². The summed E-state index contributed by atoms with van der Waals surface area (Å²) >= 11 is 0. The third-order valence-corrected chi connectivity index (χ3v) is 5.56. The third kappa shape index (κ3) is 5.84. The molecular weight excluding hydrogens is 441 g/mol. The average Bonchev–Trinajstić information content (AvgIpc) is 3.05. The molecule has 3 rings (SSSR count). The standard InChI is InChI=1S/C19H33N5O.HI/c1-15-5-4-6-16(11-15)7-8-21-19(20-2)24-9-10-25-18(14-24)17-12-22-23(3)13-17;/h12-13,15-16,18H,4-11,14H2,1-3H3,(H,20,21);1H. The molecule has 0 radical (unpaired) electrons. The Morgan fingerprint density at radius 3 is 2.96 bits per heavy atom. The first-order valence-electron chi connectivity index (χ1n) is 9.71. The van der Waals surface area contributed by atoms with E-state index in [1.54, 1.807) is 0 Å². The maximum atomic E-state index is 5.94. The lowest BCUT2D eigenvalue weighted by molar-refractivity contribution is -0.00804. The number of halogens is 1. The number of aryl methyl sites for hydroxylation is 1. The smallest absolute Gasteiger partial charge is 0.193 e. The van der Waals surface area contributed by atoms with E-state index in [1.165, 1.54) is 32.1 Å². The predicted molar refractivity (Wildman–Crippen MR) is 116 cm³/mol. The van der Waals surface area contributed by atoms with Gasteiger partial charge < -0.3 is 15.0 Å². The summed E-state index contributed by atoms with van der Waals surface area (Å²) in [6.45, 7) is 5.84. The number of ether oxygens (including phenoxy) is 1. The van der Waals surface area contributed by atoms with Crippen molar-refractivity contribution in [3.05, 3.63) is 18.0 Å². The molecule has 7 heteroatoms. The molecule has 3 unspecified atom stereocenters. The highest BCUT2D eigenvalue weighted by molar-refractivity contribution is 14.0. The number of guanidine groups is 1. The SMILES string of the molecule is CN=C(NCCC1CCCC(C)C1)N1CCOC(c2cnn(C)c2)C1.I. The molecule has 1 aliphatic carbocycles. The van der Waals surface area contributed by atoms with Crippen molar-refractivity contribution in [1.82, 2.24) is 20.0 Å². The van der Waals surface area contributed by atoms with Crippen molar-refractivity contribution in [3.63, 3.8) is 0 Å². The van der Waals surface area contributed by atoms with E-state index in [1.807, 2.05) is 31.2 Å². The summed E-state index contributed by atoms with van der Waals surface area (Å²) in [5, 5.41) is 7.84. The van der Waals surface area contributed by atoms with Crippen molar-refractivity contribution in [2.24, 2.45) is 23.9 Å². The molecule has 2 heterocycles. The zero-order chi connectivity index (χ0) is 17.6. The number of morpholine rings is 1. The van der Waals surface area contributed by atoms with E-state index >= 15 is 0 Å². The fraction of sp³-hybridized carbons (Fsp3) is 0.789. The molecule has 1 aromatic rings. The van der Waals surface area contributed by atoms with Crippen molar-refractivity contribution in [3.8, 4) is 0 Å². The molecule has 2 aliphatic rings. The molecule has 0 spiro atoms. The highest BCUT2D eigenvalue weighted by atomic mass is 127. The number of hydrogen-bond acceptors (Lipinski definition) is 3. The normalized spacial score (nSPS) is 27.1. The van der Waals surface area contributed by atoms with Gasteiger partial charge in [0.05, 0.1) is 19.3 Å². The predicted octanol–water partition coefficient (Wildman–Crippen LogP) is 3.20. The molecule has 0 aromatic carbocycles. The van der Waals surface area contributed by atoms with Crippen LogP contribution in [0.15, 0.2) is 17.4 Å². The van der Waals surface area contributed by atoms with Crippen molar-refractivity contribution in [2.45, 2.75) is 45.1 Å². The average molecular weight is 475 g/mol. The molecule has 3 atom stereocenters. The van der Waals surface area contributed by atoms with Crippen molar-refractivity contribution >= 4 is 29.9 Å². The van der Waals surface area contributed by atoms with Crippen LogP contribution in [0.1, 0.15) is 50.7 Å². The Labute approximate surface area is 174 Å². The first kappa shape index (κ1) is 21.5. The summed E-state index contributed by atoms with van der Waals surface area (Å²) in [5.41, 5.74) is 1.14. The topological polar surface area (TPSA) is 54.7 Å². The highest BCUT2D eigenvalue weighted by Gasteiger charge is 2.25. The van der Waals surface area contributed by atoms with Crippen molar-refractivity contribution in [2.75, 3.05) is 33.3 Å². The van der Waals surface area contributed by atoms with E-state index < -0.39 is 0 Å². The lowest BCUT2D eigenvalue weighted by atomic mass is 9.81. The maximum Gasteiger partial charge on any atom is 0.193 e. The van der Waals surface area contributed by atoms with Crippen molar-refractivity contribution < 1.29 is 4.74 Å². The minimum Gasteiger partial charge on any atom is -0.370 e. The van der Waals surface area contributed by atoms with Gasteiger partial charge in [0.15, 0.2) is 5.96 Å². The van der Waals surface area contributed by atoms with E-state index in [0.29, 0.717) is 0 Å². The lowest BCUT2D eigenvalue weighted by Gasteiger charge is -2.35. The van der Waals surface area contributed by atoms with Gasteiger partial charge >= 0.3 is 0 Å². The zero-order valence-electron chi connectivity index (χ0n) is 16.4. The van der Waals surface area contributed by atoms with Gasteiger partial charge in [-0.05, 0) is 24.7 Å². The molecular formula is C19H34IN5O. The van der Waals surface area contributed by atoms with E-state index in [-0.39, 0.29) is 30.1 Å². The summed E-state index contributed by atoms with van der Waals surface area (Å²) in [6.07, 6.45) is 10.8. The Morgan fingerprint density at radius 2 is 2.27 bits per heavy atom. The van der Waals surface area contributed by atoms with E-state index in [4.69, 9.17) is 4.74 Å². The molecule has 1 aliphatic heterocycles. The quantitative estimate of drug-likeness (QED) is 0.413.